The first-order chi connectivity index (χ1) is 9.54. The van der Waals surface area contributed by atoms with Crippen LogP contribution in [0.15, 0.2) is 12.7 Å². The standard InChI is InChI=1S/C11H13N5O4/c12-8-5-9(14-2-13-8)16(3-15-5)10-6(18)7(19)11(20-10)1-4(11)17/h2-4,6-7,10,17-19H,1H2,(H2,12,13,14)/t4-,6?,7?,10?,11+/m0/s1. The summed E-state index contributed by atoms with van der Waals surface area (Å²) in [6.45, 7) is 0. The molecular weight excluding hydrogens is 266 g/mol. The molecule has 5 atom stereocenters. The molecule has 2 fully saturated rings. The van der Waals surface area contributed by atoms with Crippen LogP contribution >= 0.6 is 0 Å². The molecule has 2 aliphatic rings. The van der Waals surface area contributed by atoms with Crippen LogP contribution in [0.1, 0.15) is 12.6 Å². The summed E-state index contributed by atoms with van der Waals surface area (Å²) in [6.07, 6.45) is -0.974. The van der Waals surface area contributed by atoms with Crippen molar-refractivity contribution in [2.24, 2.45) is 0 Å². The molecule has 4 rings (SSSR count). The van der Waals surface area contributed by atoms with Gasteiger partial charge < -0.3 is 25.8 Å². The van der Waals surface area contributed by atoms with Crippen LogP contribution in [0, 0.1) is 0 Å². The molecule has 1 saturated carbocycles. The van der Waals surface area contributed by atoms with Gasteiger partial charge in [-0.3, -0.25) is 4.57 Å². The molecule has 3 unspecified atom stereocenters. The lowest BCUT2D eigenvalue weighted by atomic mass is 10.1. The second-order valence-electron chi connectivity index (χ2n) is 5.20. The average molecular weight is 279 g/mol. The molecule has 1 aliphatic carbocycles. The number of fused-ring (bicyclic) bond motifs is 1. The molecule has 0 radical (unpaired) electrons. The van der Waals surface area contributed by atoms with Crippen molar-refractivity contribution < 1.29 is 20.1 Å². The molecule has 0 aromatic carbocycles. The van der Waals surface area contributed by atoms with Crippen molar-refractivity contribution in [1.82, 2.24) is 19.5 Å². The lowest BCUT2D eigenvalue weighted by molar-refractivity contribution is -0.0633. The molecule has 9 heteroatoms. The zero-order chi connectivity index (χ0) is 14.1. The Bertz CT molecular complexity index is 691. The van der Waals surface area contributed by atoms with Crippen LogP contribution in [0.5, 0.6) is 0 Å². The third kappa shape index (κ3) is 1.32. The van der Waals surface area contributed by atoms with Crippen LogP contribution in [0.25, 0.3) is 11.2 Å². The van der Waals surface area contributed by atoms with E-state index in [2.05, 4.69) is 15.0 Å². The molecule has 1 spiro atoms. The van der Waals surface area contributed by atoms with Gasteiger partial charge in [0.05, 0.1) is 12.4 Å². The van der Waals surface area contributed by atoms with Gasteiger partial charge in [-0.05, 0) is 0 Å². The van der Waals surface area contributed by atoms with E-state index < -0.39 is 30.1 Å². The molecule has 20 heavy (non-hydrogen) atoms. The maximum Gasteiger partial charge on any atom is 0.167 e. The Morgan fingerprint density at radius 3 is 2.70 bits per heavy atom. The van der Waals surface area contributed by atoms with Gasteiger partial charge in [0.1, 0.15) is 29.7 Å². The Morgan fingerprint density at radius 1 is 1.30 bits per heavy atom. The van der Waals surface area contributed by atoms with Crippen molar-refractivity contribution in [2.45, 2.75) is 36.6 Å². The van der Waals surface area contributed by atoms with Gasteiger partial charge in [-0.15, -0.1) is 0 Å². The summed E-state index contributed by atoms with van der Waals surface area (Å²) in [5, 5.41) is 29.8. The average Bonchev–Trinajstić information content (AvgIpc) is 2.80. The van der Waals surface area contributed by atoms with Gasteiger partial charge in [-0.25, -0.2) is 15.0 Å². The topological polar surface area (TPSA) is 140 Å². The predicted molar refractivity (Wildman–Crippen MR) is 65.2 cm³/mol. The minimum absolute atomic E-state index is 0.225. The summed E-state index contributed by atoms with van der Waals surface area (Å²) in [6, 6.07) is 0. The number of hydrogen-bond donors (Lipinski definition) is 4. The number of aliphatic hydroxyl groups is 3. The van der Waals surface area contributed by atoms with Gasteiger partial charge in [0, 0.05) is 6.42 Å². The summed E-state index contributed by atoms with van der Waals surface area (Å²) >= 11 is 0. The molecular formula is C11H13N5O4. The number of nitrogen functional groups attached to an aromatic ring is 1. The number of nitrogens with zero attached hydrogens (tertiary/aromatic N) is 4. The molecule has 2 aromatic rings. The molecule has 3 heterocycles. The fourth-order valence-corrected chi connectivity index (χ4v) is 2.77. The van der Waals surface area contributed by atoms with E-state index in [-0.39, 0.29) is 5.82 Å². The minimum atomic E-state index is -1.18. The SMILES string of the molecule is Nc1ncnc2c1ncn2C1O[C@@]2(C[C@@H]2O)C(O)C1O. The first-order valence-electron chi connectivity index (χ1n) is 6.19. The van der Waals surface area contributed by atoms with Crippen molar-refractivity contribution in [3.8, 4) is 0 Å². The highest BCUT2D eigenvalue weighted by Gasteiger charge is 2.69. The number of rotatable bonds is 1. The van der Waals surface area contributed by atoms with Gasteiger partial charge in [0.25, 0.3) is 0 Å². The van der Waals surface area contributed by atoms with Gasteiger partial charge in [0.2, 0.25) is 0 Å². The third-order valence-electron chi connectivity index (χ3n) is 4.03. The molecule has 0 bridgehead atoms. The lowest BCUT2D eigenvalue weighted by Crippen LogP contribution is -2.34. The fourth-order valence-electron chi connectivity index (χ4n) is 2.77. The van der Waals surface area contributed by atoms with E-state index in [1.165, 1.54) is 17.2 Å². The van der Waals surface area contributed by atoms with Crippen LogP contribution in [-0.2, 0) is 4.74 Å². The van der Waals surface area contributed by atoms with E-state index in [0.29, 0.717) is 17.6 Å². The minimum Gasteiger partial charge on any atom is -0.390 e. The maximum atomic E-state index is 10.1. The Labute approximate surface area is 112 Å². The highest BCUT2D eigenvalue weighted by Crippen LogP contribution is 2.53. The van der Waals surface area contributed by atoms with E-state index in [0.717, 1.165) is 0 Å². The summed E-state index contributed by atoms with van der Waals surface area (Å²) in [5.74, 6) is 0.225. The van der Waals surface area contributed by atoms with Crippen molar-refractivity contribution in [3.05, 3.63) is 12.7 Å². The number of aromatic nitrogens is 4. The highest BCUT2D eigenvalue weighted by atomic mass is 16.6. The molecule has 9 nitrogen and oxygen atoms in total. The van der Waals surface area contributed by atoms with E-state index in [1.54, 1.807) is 0 Å². The van der Waals surface area contributed by atoms with Crippen LogP contribution in [0.4, 0.5) is 5.82 Å². The van der Waals surface area contributed by atoms with Gasteiger partial charge in [-0.1, -0.05) is 0 Å². The van der Waals surface area contributed by atoms with E-state index in [4.69, 9.17) is 10.5 Å². The smallest absolute Gasteiger partial charge is 0.167 e. The fraction of sp³-hybridized carbons (Fsp3) is 0.545. The molecule has 1 aliphatic heterocycles. The van der Waals surface area contributed by atoms with Crippen LogP contribution in [0.3, 0.4) is 0 Å². The van der Waals surface area contributed by atoms with Crippen molar-refractivity contribution in [3.63, 3.8) is 0 Å². The van der Waals surface area contributed by atoms with Crippen LogP contribution in [0.2, 0.25) is 0 Å². The third-order valence-corrected chi connectivity index (χ3v) is 4.03. The Kier molecular flexibility index (Phi) is 2.18. The van der Waals surface area contributed by atoms with E-state index >= 15 is 0 Å². The molecule has 0 amide bonds. The van der Waals surface area contributed by atoms with E-state index in [9.17, 15) is 15.3 Å². The summed E-state index contributed by atoms with van der Waals surface area (Å²) in [5.41, 5.74) is 5.42. The van der Waals surface area contributed by atoms with Gasteiger partial charge in [0.15, 0.2) is 17.7 Å². The van der Waals surface area contributed by atoms with Gasteiger partial charge in [-0.2, -0.15) is 0 Å². The van der Waals surface area contributed by atoms with E-state index in [1.807, 2.05) is 0 Å². The Morgan fingerprint density at radius 2 is 2.05 bits per heavy atom. The largest absolute Gasteiger partial charge is 0.390 e. The maximum absolute atomic E-state index is 10.1. The molecule has 2 aromatic heterocycles. The van der Waals surface area contributed by atoms with Crippen molar-refractivity contribution in [1.29, 1.82) is 0 Å². The van der Waals surface area contributed by atoms with Crippen molar-refractivity contribution >= 4 is 17.0 Å². The number of ether oxygens (including phenoxy) is 1. The number of imidazole rings is 1. The summed E-state index contributed by atoms with van der Waals surface area (Å²) in [7, 11) is 0. The zero-order valence-electron chi connectivity index (χ0n) is 10.3. The number of anilines is 1. The number of aliphatic hydroxyl groups excluding tert-OH is 3. The van der Waals surface area contributed by atoms with Crippen LogP contribution < -0.4 is 5.73 Å². The first kappa shape index (κ1) is 12.0. The predicted octanol–water partition coefficient (Wildman–Crippen LogP) is -1.84. The highest BCUT2D eigenvalue weighted by molar-refractivity contribution is 5.81. The second kappa shape index (κ2) is 3.64. The second-order valence-corrected chi connectivity index (χ2v) is 5.20. The zero-order valence-corrected chi connectivity index (χ0v) is 10.3. The summed E-state index contributed by atoms with van der Waals surface area (Å²) in [4.78, 5) is 12.0. The summed E-state index contributed by atoms with van der Waals surface area (Å²) < 4.78 is 7.15. The number of nitrogens with two attached hydrogens (primary N) is 1. The normalized spacial score (nSPS) is 39.8. The van der Waals surface area contributed by atoms with Crippen molar-refractivity contribution in [2.75, 3.05) is 5.73 Å². The quantitative estimate of drug-likeness (QED) is 0.477. The molecule has 5 N–H and O–H groups in total. The first-order valence-corrected chi connectivity index (χ1v) is 6.19. The number of hydrogen-bond acceptors (Lipinski definition) is 8. The van der Waals surface area contributed by atoms with Gasteiger partial charge >= 0.3 is 0 Å². The lowest BCUT2D eigenvalue weighted by Gasteiger charge is -2.16. The molecule has 106 valence electrons. The Hall–Kier alpha value is -1.81. The monoisotopic (exact) mass is 279 g/mol. The van der Waals surface area contributed by atoms with Crippen LogP contribution in [-0.4, -0.2) is 58.8 Å². The molecule has 1 saturated heterocycles. The Balaban J connectivity index is 1.79.